The van der Waals surface area contributed by atoms with Crippen molar-refractivity contribution in [1.82, 2.24) is 4.90 Å². The molecule has 1 rings (SSSR count). The van der Waals surface area contributed by atoms with Gasteiger partial charge in [0.05, 0.1) is 25.7 Å². The first-order valence-corrected chi connectivity index (χ1v) is 7.23. The standard InChI is InChI=1S/C14H27NO4/c1-3-4-8-19-11-13(16)10-15-7-5-6-12(9-15)14(17)18-2/h12-13,16H,3-11H2,1-2H3. The maximum atomic E-state index is 11.5. The topological polar surface area (TPSA) is 59.0 Å². The van der Waals surface area contributed by atoms with Crippen molar-refractivity contribution in [2.45, 2.75) is 38.7 Å². The predicted molar refractivity (Wildman–Crippen MR) is 72.9 cm³/mol. The summed E-state index contributed by atoms with van der Waals surface area (Å²) in [7, 11) is 1.43. The van der Waals surface area contributed by atoms with Gasteiger partial charge < -0.3 is 14.6 Å². The molecule has 0 bridgehead atoms. The maximum Gasteiger partial charge on any atom is 0.309 e. The van der Waals surface area contributed by atoms with Crippen LogP contribution in [0.4, 0.5) is 0 Å². The van der Waals surface area contributed by atoms with Crippen LogP contribution in [-0.2, 0) is 14.3 Å². The maximum absolute atomic E-state index is 11.5. The second-order valence-corrected chi connectivity index (χ2v) is 5.20. The molecule has 1 saturated heterocycles. The van der Waals surface area contributed by atoms with Crippen molar-refractivity contribution in [3.63, 3.8) is 0 Å². The number of likely N-dealkylation sites (tertiary alicyclic amines) is 1. The lowest BCUT2D eigenvalue weighted by molar-refractivity contribution is -0.147. The molecule has 0 amide bonds. The van der Waals surface area contributed by atoms with Crippen LogP contribution in [0, 0.1) is 5.92 Å². The summed E-state index contributed by atoms with van der Waals surface area (Å²) >= 11 is 0. The second kappa shape index (κ2) is 9.28. The molecule has 0 aliphatic carbocycles. The number of piperidine rings is 1. The fourth-order valence-corrected chi connectivity index (χ4v) is 2.40. The number of hydrogen-bond acceptors (Lipinski definition) is 5. The lowest BCUT2D eigenvalue weighted by Gasteiger charge is -2.32. The Bertz CT molecular complexity index is 260. The zero-order valence-electron chi connectivity index (χ0n) is 12.1. The number of esters is 1. The summed E-state index contributed by atoms with van der Waals surface area (Å²) < 4.78 is 10.2. The highest BCUT2D eigenvalue weighted by Gasteiger charge is 2.27. The van der Waals surface area contributed by atoms with Crippen molar-refractivity contribution < 1.29 is 19.4 Å². The summed E-state index contributed by atoms with van der Waals surface area (Å²) in [5.74, 6) is -0.189. The van der Waals surface area contributed by atoms with E-state index in [1.807, 2.05) is 0 Å². The third-order valence-electron chi connectivity index (χ3n) is 3.46. The van der Waals surface area contributed by atoms with Crippen LogP contribution in [0.5, 0.6) is 0 Å². The summed E-state index contributed by atoms with van der Waals surface area (Å²) in [6.45, 7) is 5.37. The molecule has 0 saturated carbocycles. The average Bonchev–Trinajstić information content (AvgIpc) is 2.43. The number of methoxy groups -OCH3 is 1. The van der Waals surface area contributed by atoms with Crippen molar-refractivity contribution >= 4 is 5.97 Å². The van der Waals surface area contributed by atoms with Gasteiger partial charge in [0.15, 0.2) is 0 Å². The van der Waals surface area contributed by atoms with Gasteiger partial charge in [0.1, 0.15) is 0 Å². The third kappa shape index (κ3) is 6.36. The molecule has 2 atom stereocenters. The van der Waals surface area contributed by atoms with Gasteiger partial charge in [0.2, 0.25) is 0 Å². The molecule has 2 unspecified atom stereocenters. The quantitative estimate of drug-likeness (QED) is 0.529. The van der Waals surface area contributed by atoms with E-state index in [4.69, 9.17) is 9.47 Å². The van der Waals surface area contributed by atoms with Gasteiger partial charge in [-0.1, -0.05) is 13.3 Å². The Kier molecular flexibility index (Phi) is 8.02. The lowest BCUT2D eigenvalue weighted by atomic mass is 9.98. The van der Waals surface area contributed by atoms with Crippen LogP contribution in [0.1, 0.15) is 32.6 Å². The number of nitrogens with zero attached hydrogens (tertiary/aromatic N) is 1. The number of carbonyl (C=O) groups excluding carboxylic acids is 1. The Balaban J connectivity index is 2.22. The highest BCUT2D eigenvalue weighted by atomic mass is 16.5. The average molecular weight is 273 g/mol. The molecule has 1 heterocycles. The molecular weight excluding hydrogens is 246 g/mol. The summed E-state index contributed by atoms with van der Waals surface area (Å²) in [5, 5.41) is 9.90. The highest BCUT2D eigenvalue weighted by Crippen LogP contribution is 2.17. The Morgan fingerprint density at radius 3 is 3.00 bits per heavy atom. The van der Waals surface area contributed by atoms with E-state index in [-0.39, 0.29) is 11.9 Å². The number of ether oxygens (including phenoxy) is 2. The van der Waals surface area contributed by atoms with Crippen LogP contribution in [0.3, 0.4) is 0 Å². The minimum Gasteiger partial charge on any atom is -0.469 e. The van der Waals surface area contributed by atoms with E-state index >= 15 is 0 Å². The molecule has 112 valence electrons. The van der Waals surface area contributed by atoms with Gasteiger partial charge in [0.25, 0.3) is 0 Å². The SMILES string of the molecule is CCCCOCC(O)CN1CCCC(C(=O)OC)C1. The Labute approximate surface area is 115 Å². The molecule has 0 aromatic heterocycles. The zero-order valence-corrected chi connectivity index (χ0v) is 12.1. The molecular formula is C14H27NO4. The zero-order chi connectivity index (χ0) is 14.1. The Morgan fingerprint density at radius 2 is 2.32 bits per heavy atom. The minimum atomic E-state index is -0.478. The number of unbranched alkanes of at least 4 members (excludes halogenated alkanes) is 1. The smallest absolute Gasteiger partial charge is 0.309 e. The van der Waals surface area contributed by atoms with E-state index in [1.165, 1.54) is 7.11 Å². The van der Waals surface area contributed by atoms with Crippen molar-refractivity contribution in [1.29, 1.82) is 0 Å². The second-order valence-electron chi connectivity index (χ2n) is 5.20. The highest BCUT2D eigenvalue weighted by molar-refractivity contribution is 5.72. The molecule has 5 heteroatoms. The third-order valence-corrected chi connectivity index (χ3v) is 3.46. The first-order chi connectivity index (χ1) is 9.17. The normalized spacial score (nSPS) is 22.2. The Morgan fingerprint density at radius 1 is 1.53 bits per heavy atom. The van der Waals surface area contributed by atoms with Gasteiger partial charge in [-0.3, -0.25) is 9.69 Å². The summed E-state index contributed by atoms with van der Waals surface area (Å²) in [4.78, 5) is 13.6. The predicted octanol–water partition coefficient (Wildman–Crippen LogP) is 1.05. The molecule has 1 aliphatic heterocycles. The van der Waals surface area contributed by atoms with Gasteiger partial charge in [0, 0.05) is 19.7 Å². The number of aliphatic hydroxyl groups excluding tert-OH is 1. The molecule has 1 aliphatic rings. The van der Waals surface area contributed by atoms with Gasteiger partial charge in [-0.05, 0) is 25.8 Å². The van der Waals surface area contributed by atoms with E-state index in [0.717, 1.165) is 32.2 Å². The number of carbonyl (C=O) groups is 1. The van der Waals surface area contributed by atoms with Gasteiger partial charge in [-0.2, -0.15) is 0 Å². The van der Waals surface area contributed by atoms with Crippen molar-refractivity contribution in [2.24, 2.45) is 5.92 Å². The summed E-state index contributed by atoms with van der Waals surface area (Å²) in [5.41, 5.74) is 0. The van der Waals surface area contributed by atoms with Crippen LogP contribution in [-0.4, -0.2) is 62.0 Å². The van der Waals surface area contributed by atoms with Gasteiger partial charge in [-0.15, -0.1) is 0 Å². The lowest BCUT2D eigenvalue weighted by Crippen LogP contribution is -2.43. The number of aliphatic hydroxyl groups is 1. The molecule has 0 radical (unpaired) electrons. The van der Waals surface area contributed by atoms with E-state index in [9.17, 15) is 9.90 Å². The minimum absolute atomic E-state index is 0.0491. The monoisotopic (exact) mass is 273 g/mol. The first-order valence-electron chi connectivity index (χ1n) is 7.23. The molecule has 1 N–H and O–H groups in total. The Hall–Kier alpha value is -0.650. The van der Waals surface area contributed by atoms with E-state index in [1.54, 1.807) is 0 Å². The largest absolute Gasteiger partial charge is 0.469 e. The van der Waals surface area contributed by atoms with E-state index < -0.39 is 6.10 Å². The number of β-amino-alcohol motifs (C(OH)–C–C–N with tert-alkyl or cyclic N) is 1. The van der Waals surface area contributed by atoms with Crippen LogP contribution in [0.25, 0.3) is 0 Å². The van der Waals surface area contributed by atoms with Crippen molar-refractivity contribution in [3.8, 4) is 0 Å². The first kappa shape index (κ1) is 16.4. The summed E-state index contributed by atoms with van der Waals surface area (Å²) in [6.07, 6.45) is 3.51. The number of hydrogen-bond donors (Lipinski definition) is 1. The van der Waals surface area contributed by atoms with E-state index in [2.05, 4.69) is 11.8 Å². The molecule has 0 spiro atoms. The van der Waals surface area contributed by atoms with E-state index in [0.29, 0.717) is 26.3 Å². The molecule has 1 fully saturated rings. The number of rotatable bonds is 8. The van der Waals surface area contributed by atoms with Crippen LogP contribution >= 0.6 is 0 Å². The molecule has 0 aromatic rings. The molecule has 0 aromatic carbocycles. The molecule has 5 nitrogen and oxygen atoms in total. The fraction of sp³-hybridized carbons (Fsp3) is 0.929. The van der Waals surface area contributed by atoms with Crippen LogP contribution in [0.15, 0.2) is 0 Å². The molecule has 19 heavy (non-hydrogen) atoms. The van der Waals surface area contributed by atoms with Gasteiger partial charge in [-0.25, -0.2) is 0 Å². The van der Waals surface area contributed by atoms with Crippen LogP contribution < -0.4 is 0 Å². The van der Waals surface area contributed by atoms with Crippen molar-refractivity contribution in [3.05, 3.63) is 0 Å². The van der Waals surface area contributed by atoms with Crippen LogP contribution in [0.2, 0.25) is 0 Å². The summed E-state index contributed by atoms with van der Waals surface area (Å²) in [6, 6.07) is 0. The van der Waals surface area contributed by atoms with Crippen molar-refractivity contribution in [2.75, 3.05) is 40.0 Å². The fourth-order valence-electron chi connectivity index (χ4n) is 2.40. The van der Waals surface area contributed by atoms with Gasteiger partial charge >= 0.3 is 5.97 Å².